The molecule has 0 saturated heterocycles. The fourth-order valence-corrected chi connectivity index (χ4v) is 3.11. The standard InChI is InChI=1S/C17H27NO/c1-2-18-15-17(11-7-4-8-12-17)13-14-19-16-9-5-3-6-10-16/h3,5-6,9-10,18H,2,4,7-8,11-15H2,1H3. The summed E-state index contributed by atoms with van der Waals surface area (Å²) in [7, 11) is 0. The van der Waals surface area contributed by atoms with Gasteiger partial charge < -0.3 is 10.1 Å². The van der Waals surface area contributed by atoms with Gasteiger partial charge in [-0.15, -0.1) is 0 Å². The molecule has 1 fully saturated rings. The molecule has 2 heteroatoms. The van der Waals surface area contributed by atoms with Crippen molar-refractivity contribution in [2.75, 3.05) is 19.7 Å². The van der Waals surface area contributed by atoms with Gasteiger partial charge in [-0.05, 0) is 43.4 Å². The van der Waals surface area contributed by atoms with Crippen LogP contribution in [0.15, 0.2) is 30.3 Å². The van der Waals surface area contributed by atoms with Crippen LogP contribution in [-0.2, 0) is 0 Å². The average Bonchev–Trinajstić information content (AvgIpc) is 2.47. The van der Waals surface area contributed by atoms with Crippen LogP contribution >= 0.6 is 0 Å². The minimum atomic E-state index is 0.475. The van der Waals surface area contributed by atoms with Gasteiger partial charge in [-0.1, -0.05) is 44.4 Å². The molecule has 0 aromatic heterocycles. The summed E-state index contributed by atoms with van der Waals surface area (Å²) in [5.41, 5.74) is 0.475. The largest absolute Gasteiger partial charge is 0.494 e. The van der Waals surface area contributed by atoms with Crippen LogP contribution in [0.2, 0.25) is 0 Å². The predicted octanol–water partition coefficient (Wildman–Crippen LogP) is 4.02. The van der Waals surface area contributed by atoms with Crippen LogP contribution in [0, 0.1) is 5.41 Å². The highest BCUT2D eigenvalue weighted by molar-refractivity contribution is 5.20. The van der Waals surface area contributed by atoms with Gasteiger partial charge in [0.25, 0.3) is 0 Å². The van der Waals surface area contributed by atoms with E-state index in [0.717, 1.165) is 25.4 Å². The predicted molar refractivity (Wildman–Crippen MR) is 80.6 cm³/mol. The van der Waals surface area contributed by atoms with Gasteiger partial charge in [0.2, 0.25) is 0 Å². The Kier molecular flexibility index (Phi) is 5.71. The maximum Gasteiger partial charge on any atom is 0.119 e. The molecule has 0 bridgehead atoms. The molecule has 1 saturated carbocycles. The number of hydrogen-bond donors (Lipinski definition) is 1. The number of para-hydroxylation sites is 1. The van der Waals surface area contributed by atoms with Crippen molar-refractivity contribution in [2.45, 2.75) is 45.4 Å². The van der Waals surface area contributed by atoms with E-state index in [0.29, 0.717) is 5.41 Å². The Labute approximate surface area is 117 Å². The summed E-state index contributed by atoms with van der Waals surface area (Å²) in [5, 5.41) is 3.55. The molecule has 0 radical (unpaired) electrons. The van der Waals surface area contributed by atoms with Crippen molar-refractivity contribution in [1.82, 2.24) is 5.32 Å². The molecule has 1 aliphatic carbocycles. The van der Waals surface area contributed by atoms with Crippen LogP contribution in [0.3, 0.4) is 0 Å². The van der Waals surface area contributed by atoms with Crippen molar-refractivity contribution in [1.29, 1.82) is 0 Å². The Hall–Kier alpha value is -1.02. The van der Waals surface area contributed by atoms with Crippen molar-refractivity contribution in [3.63, 3.8) is 0 Å². The van der Waals surface area contributed by atoms with Gasteiger partial charge >= 0.3 is 0 Å². The highest BCUT2D eigenvalue weighted by Gasteiger charge is 2.31. The van der Waals surface area contributed by atoms with E-state index in [4.69, 9.17) is 4.74 Å². The molecule has 0 aliphatic heterocycles. The number of rotatable bonds is 7. The second-order valence-electron chi connectivity index (χ2n) is 5.75. The lowest BCUT2D eigenvalue weighted by molar-refractivity contribution is 0.134. The Bertz CT molecular complexity index is 344. The summed E-state index contributed by atoms with van der Waals surface area (Å²) in [6.45, 7) is 5.26. The summed E-state index contributed by atoms with van der Waals surface area (Å²) in [6.07, 6.45) is 8.08. The molecule has 2 nitrogen and oxygen atoms in total. The Morgan fingerprint density at radius 3 is 2.53 bits per heavy atom. The van der Waals surface area contributed by atoms with Crippen molar-refractivity contribution < 1.29 is 4.74 Å². The van der Waals surface area contributed by atoms with Crippen molar-refractivity contribution >= 4 is 0 Å². The highest BCUT2D eigenvalue weighted by Crippen LogP contribution is 2.38. The molecular formula is C17H27NO. The van der Waals surface area contributed by atoms with Crippen LogP contribution in [0.4, 0.5) is 0 Å². The van der Waals surface area contributed by atoms with E-state index in [-0.39, 0.29) is 0 Å². The molecule has 0 heterocycles. The monoisotopic (exact) mass is 261 g/mol. The summed E-state index contributed by atoms with van der Waals surface area (Å²) < 4.78 is 5.89. The molecule has 1 aliphatic rings. The number of hydrogen-bond acceptors (Lipinski definition) is 2. The van der Waals surface area contributed by atoms with E-state index in [1.807, 2.05) is 30.3 Å². The first-order valence-corrected chi connectivity index (χ1v) is 7.73. The third kappa shape index (κ3) is 4.54. The molecule has 0 amide bonds. The van der Waals surface area contributed by atoms with Crippen LogP contribution in [0.25, 0.3) is 0 Å². The fraction of sp³-hybridized carbons (Fsp3) is 0.647. The van der Waals surface area contributed by atoms with Gasteiger partial charge in [0.1, 0.15) is 5.75 Å². The minimum Gasteiger partial charge on any atom is -0.494 e. The zero-order valence-electron chi connectivity index (χ0n) is 12.2. The van der Waals surface area contributed by atoms with E-state index in [2.05, 4.69) is 12.2 Å². The fourth-order valence-electron chi connectivity index (χ4n) is 3.11. The first kappa shape index (κ1) is 14.4. The molecule has 106 valence electrons. The average molecular weight is 261 g/mol. The number of benzene rings is 1. The van der Waals surface area contributed by atoms with E-state index in [1.165, 1.54) is 38.5 Å². The Morgan fingerprint density at radius 2 is 1.84 bits per heavy atom. The zero-order chi connectivity index (χ0) is 13.4. The van der Waals surface area contributed by atoms with E-state index >= 15 is 0 Å². The van der Waals surface area contributed by atoms with E-state index in [1.54, 1.807) is 0 Å². The molecular weight excluding hydrogens is 234 g/mol. The van der Waals surface area contributed by atoms with Gasteiger partial charge in [-0.25, -0.2) is 0 Å². The lowest BCUT2D eigenvalue weighted by Gasteiger charge is -2.37. The molecule has 1 N–H and O–H groups in total. The third-order valence-electron chi connectivity index (χ3n) is 4.31. The van der Waals surface area contributed by atoms with Crippen molar-refractivity contribution in [3.05, 3.63) is 30.3 Å². The summed E-state index contributed by atoms with van der Waals surface area (Å²) in [5.74, 6) is 0.997. The molecule has 1 aromatic rings. The van der Waals surface area contributed by atoms with Gasteiger partial charge in [0.15, 0.2) is 0 Å². The number of nitrogens with one attached hydrogen (secondary N) is 1. The number of ether oxygens (including phenoxy) is 1. The van der Waals surface area contributed by atoms with Gasteiger partial charge in [0.05, 0.1) is 6.61 Å². The molecule has 1 aromatic carbocycles. The second-order valence-corrected chi connectivity index (χ2v) is 5.75. The van der Waals surface area contributed by atoms with Crippen LogP contribution < -0.4 is 10.1 Å². The zero-order valence-corrected chi connectivity index (χ0v) is 12.2. The molecule has 0 atom stereocenters. The van der Waals surface area contributed by atoms with Crippen molar-refractivity contribution in [3.8, 4) is 5.75 Å². The first-order valence-electron chi connectivity index (χ1n) is 7.73. The maximum atomic E-state index is 5.89. The van der Waals surface area contributed by atoms with E-state index < -0.39 is 0 Å². The summed E-state index contributed by atoms with van der Waals surface area (Å²) >= 11 is 0. The second kappa shape index (κ2) is 7.54. The Morgan fingerprint density at radius 1 is 1.11 bits per heavy atom. The lowest BCUT2D eigenvalue weighted by Crippen LogP contribution is -2.37. The maximum absolute atomic E-state index is 5.89. The van der Waals surface area contributed by atoms with Crippen LogP contribution in [-0.4, -0.2) is 19.7 Å². The topological polar surface area (TPSA) is 21.3 Å². The molecule has 2 rings (SSSR count). The summed E-state index contributed by atoms with van der Waals surface area (Å²) in [6, 6.07) is 10.2. The quantitative estimate of drug-likeness (QED) is 0.800. The van der Waals surface area contributed by atoms with Gasteiger partial charge in [0, 0.05) is 6.54 Å². The SMILES string of the molecule is CCNCC1(CCOc2ccccc2)CCCCC1. The molecule has 0 unspecified atom stereocenters. The summed E-state index contributed by atoms with van der Waals surface area (Å²) in [4.78, 5) is 0. The smallest absolute Gasteiger partial charge is 0.119 e. The van der Waals surface area contributed by atoms with Gasteiger partial charge in [-0.3, -0.25) is 0 Å². The first-order chi connectivity index (χ1) is 9.35. The van der Waals surface area contributed by atoms with Crippen LogP contribution in [0.5, 0.6) is 5.75 Å². The lowest BCUT2D eigenvalue weighted by atomic mass is 9.72. The highest BCUT2D eigenvalue weighted by atomic mass is 16.5. The minimum absolute atomic E-state index is 0.475. The Balaban J connectivity index is 1.82. The van der Waals surface area contributed by atoms with E-state index in [9.17, 15) is 0 Å². The third-order valence-corrected chi connectivity index (χ3v) is 4.31. The van der Waals surface area contributed by atoms with Gasteiger partial charge in [-0.2, -0.15) is 0 Å². The molecule has 0 spiro atoms. The normalized spacial score (nSPS) is 18.2. The molecule has 19 heavy (non-hydrogen) atoms. The van der Waals surface area contributed by atoms with Crippen LogP contribution in [0.1, 0.15) is 45.4 Å². The van der Waals surface area contributed by atoms with Crippen molar-refractivity contribution in [2.24, 2.45) is 5.41 Å².